The van der Waals surface area contributed by atoms with Crippen LogP contribution < -0.4 is 10.5 Å². The van der Waals surface area contributed by atoms with Gasteiger partial charge in [-0.25, -0.2) is 4.98 Å². The molecule has 0 bridgehead atoms. The first-order chi connectivity index (χ1) is 8.20. The summed E-state index contributed by atoms with van der Waals surface area (Å²) in [4.78, 5) is 4.17. The highest BCUT2D eigenvalue weighted by Crippen LogP contribution is 2.28. The number of rotatable bonds is 3. The molecule has 0 unspecified atom stereocenters. The lowest BCUT2D eigenvalue weighted by molar-refractivity contribution is 0.453. The lowest BCUT2D eigenvalue weighted by Gasteiger charge is -2.11. The molecule has 2 aromatic rings. The number of nitrogens with two attached hydrogens (primary N) is 1. The lowest BCUT2D eigenvalue weighted by atomic mass is 10.2. The van der Waals surface area contributed by atoms with E-state index >= 15 is 0 Å². The molecule has 1 aromatic carbocycles. The van der Waals surface area contributed by atoms with Crippen LogP contribution in [0.2, 0.25) is 5.02 Å². The van der Waals surface area contributed by atoms with Gasteiger partial charge >= 0.3 is 0 Å². The Labute approximate surface area is 105 Å². The maximum absolute atomic E-state index is 5.94. The Kier molecular flexibility index (Phi) is 3.61. The molecule has 0 spiro atoms. The molecule has 17 heavy (non-hydrogen) atoms. The van der Waals surface area contributed by atoms with Crippen LogP contribution in [0.15, 0.2) is 36.5 Å². The maximum Gasteiger partial charge on any atom is 0.222 e. The van der Waals surface area contributed by atoms with Crippen LogP contribution in [0.25, 0.3) is 0 Å². The van der Waals surface area contributed by atoms with E-state index in [0.29, 0.717) is 23.2 Å². The van der Waals surface area contributed by atoms with Gasteiger partial charge < -0.3 is 10.5 Å². The van der Waals surface area contributed by atoms with E-state index in [9.17, 15) is 0 Å². The number of aromatic nitrogens is 1. The van der Waals surface area contributed by atoms with E-state index in [2.05, 4.69) is 4.98 Å². The minimum atomic E-state index is 0.401. The van der Waals surface area contributed by atoms with E-state index in [1.165, 1.54) is 0 Å². The standard InChI is InChI=1S/C13H13ClN2O/c1-9-3-2-6-16-13(9)17-12-7-11(14)5-4-10(12)8-15/h2-7H,8,15H2,1H3. The summed E-state index contributed by atoms with van der Waals surface area (Å²) >= 11 is 5.94. The molecule has 0 aliphatic heterocycles. The molecular weight excluding hydrogens is 236 g/mol. The molecule has 2 rings (SSSR count). The smallest absolute Gasteiger partial charge is 0.222 e. The number of halogens is 1. The molecular formula is C13H13ClN2O. The molecule has 88 valence electrons. The third kappa shape index (κ3) is 2.75. The highest BCUT2D eigenvalue weighted by molar-refractivity contribution is 6.30. The zero-order chi connectivity index (χ0) is 12.3. The van der Waals surface area contributed by atoms with Crippen molar-refractivity contribution in [3.8, 4) is 11.6 Å². The second kappa shape index (κ2) is 5.17. The molecule has 0 aliphatic carbocycles. The Morgan fingerprint density at radius 3 is 2.88 bits per heavy atom. The van der Waals surface area contributed by atoms with Gasteiger partial charge in [-0.2, -0.15) is 0 Å². The molecule has 0 fully saturated rings. The highest BCUT2D eigenvalue weighted by atomic mass is 35.5. The topological polar surface area (TPSA) is 48.1 Å². The van der Waals surface area contributed by atoms with Crippen molar-refractivity contribution in [3.05, 3.63) is 52.7 Å². The Hall–Kier alpha value is -1.58. The molecule has 1 heterocycles. The van der Waals surface area contributed by atoms with Crippen LogP contribution in [0.3, 0.4) is 0 Å². The van der Waals surface area contributed by atoms with Crippen molar-refractivity contribution in [2.45, 2.75) is 13.5 Å². The van der Waals surface area contributed by atoms with E-state index in [1.807, 2.05) is 25.1 Å². The third-order valence-corrected chi connectivity index (χ3v) is 2.65. The van der Waals surface area contributed by atoms with Gasteiger partial charge in [0.05, 0.1) is 0 Å². The third-order valence-electron chi connectivity index (χ3n) is 2.42. The molecule has 0 saturated carbocycles. The fraction of sp³-hybridized carbons (Fsp3) is 0.154. The molecule has 4 heteroatoms. The summed E-state index contributed by atoms with van der Waals surface area (Å²) in [6, 6.07) is 9.20. The summed E-state index contributed by atoms with van der Waals surface area (Å²) in [6.07, 6.45) is 1.69. The van der Waals surface area contributed by atoms with Crippen molar-refractivity contribution in [3.63, 3.8) is 0 Å². The first kappa shape index (κ1) is 11.9. The predicted molar refractivity (Wildman–Crippen MR) is 68.4 cm³/mol. The normalized spacial score (nSPS) is 10.3. The molecule has 0 saturated heterocycles. The predicted octanol–water partition coefficient (Wildman–Crippen LogP) is 3.29. The van der Waals surface area contributed by atoms with Gasteiger partial charge in [-0.05, 0) is 25.1 Å². The van der Waals surface area contributed by atoms with Gasteiger partial charge in [0.25, 0.3) is 0 Å². The van der Waals surface area contributed by atoms with E-state index in [1.54, 1.807) is 18.3 Å². The summed E-state index contributed by atoms with van der Waals surface area (Å²) < 4.78 is 5.74. The fourth-order valence-corrected chi connectivity index (χ4v) is 1.64. The maximum atomic E-state index is 5.94. The summed E-state index contributed by atoms with van der Waals surface area (Å²) in [6.45, 7) is 2.34. The van der Waals surface area contributed by atoms with Gasteiger partial charge in [-0.3, -0.25) is 0 Å². The van der Waals surface area contributed by atoms with Crippen molar-refractivity contribution >= 4 is 11.6 Å². The second-order valence-corrected chi connectivity index (χ2v) is 4.12. The quantitative estimate of drug-likeness (QED) is 0.907. The minimum Gasteiger partial charge on any atom is -0.438 e. The van der Waals surface area contributed by atoms with Crippen LogP contribution in [0.5, 0.6) is 11.6 Å². The number of hydrogen-bond acceptors (Lipinski definition) is 3. The zero-order valence-corrected chi connectivity index (χ0v) is 10.2. The van der Waals surface area contributed by atoms with Crippen LogP contribution in [0, 0.1) is 6.92 Å². The number of benzene rings is 1. The average molecular weight is 249 g/mol. The summed E-state index contributed by atoms with van der Waals surface area (Å²) in [5.74, 6) is 1.23. The van der Waals surface area contributed by atoms with Crippen molar-refractivity contribution < 1.29 is 4.74 Å². The Bertz CT molecular complexity index is 529. The largest absolute Gasteiger partial charge is 0.438 e. The molecule has 1 aromatic heterocycles. The van der Waals surface area contributed by atoms with E-state index < -0.39 is 0 Å². The first-order valence-corrected chi connectivity index (χ1v) is 5.66. The van der Waals surface area contributed by atoms with Crippen molar-refractivity contribution in [2.24, 2.45) is 5.73 Å². The van der Waals surface area contributed by atoms with Crippen molar-refractivity contribution in [1.29, 1.82) is 0 Å². The average Bonchev–Trinajstić information content (AvgIpc) is 2.32. The van der Waals surface area contributed by atoms with Crippen LogP contribution in [-0.4, -0.2) is 4.98 Å². The summed E-state index contributed by atoms with van der Waals surface area (Å²) in [5, 5.41) is 0.616. The summed E-state index contributed by atoms with van der Waals surface area (Å²) in [5.41, 5.74) is 7.52. The molecule has 0 radical (unpaired) electrons. The van der Waals surface area contributed by atoms with E-state index in [-0.39, 0.29) is 0 Å². The van der Waals surface area contributed by atoms with Gasteiger partial charge in [-0.1, -0.05) is 23.7 Å². The molecule has 0 atom stereocenters. The van der Waals surface area contributed by atoms with Gasteiger partial charge in [0.2, 0.25) is 5.88 Å². The number of pyridine rings is 1. The Balaban J connectivity index is 2.35. The Morgan fingerprint density at radius 2 is 2.18 bits per heavy atom. The summed E-state index contributed by atoms with van der Waals surface area (Å²) in [7, 11) is 0. The number of nitrogens with zero attached hydrogens (tertiary/aromatic N) is 1. The van der Waals surface area contributed by atoms with E-state index in [0.717, 1.165) is 11.1 Å². The minimum absolute atomic E-state index is 0.401. The fourth-order valence-electron chi connectivity index (χ4n) is 1.47. The highest BCUT2D eigenvalue weighted by Gasteiger charge is 2.07. The molecule has 0 aliphatic rings. The van der Waals surface area contributed by atoms with Crippen molar-refractivity contribution in [2.75, 3.05) is 0 Å². The number of ether oxygens (including phenoxy) is 1. The monoisotopic (exact) mass is 248 g/mol. The zero-order valence-electron chi connectivity index (χ0n) is 9.48. The van der Waals surface area contributed by atoms with Gasteiger partial charge in [-0.15, -0.1) is 0 Å². The van der Waals surface area contributed by atoms with Gasteiger partial charge in [0, 0.05) is 28.9 Å². The van der Waals surface area contributed by atoms with Crippen molar-refractivity contribution in [1.82, 2.24) is 4.98 Å². The number of aryl methyl sites for hydroxylation is 1. The van der Waals surface area contributed by atoms with E-state index in [4.69, 9.17) is 22.1 Å². The van der Waals surface area contributed by atoms with Crippen LogP contribution in [0.4, 0.5) is 0 Å². The van der Waals surface area contributed by atoms with Gasteiger partial charge in [0.1, 0.15) is 5.75 Å². The number of hydrogen-bond donors (Lipinski definition) is 1. The van der Waals surface area contributed by atoms with Crippen LogP contribution in [0.1, 0.15) is 11.1 Å². The molecule has 3 nitrogen and oxygen atoms in total. The van der Waals surface area contributed by atoms with Gasteiger partial charge in [0.15, 0.2) is 0 Å². The SMILES string of the molecule is Cc1cccnc1Oc1cc(Cl)ccc1CN. The van der Waals surface area contributed by atoms with Crippen LogP contribution in [-0.2, 0) is 6.54 Å². The lowest BCUT2D eigenvalue weighted by Crippen LogP contribution is -2.00. The molecule has 0 amide bonds. The van der Waals surface area contributed by atoms with Crippen LogP contribution >= 0.6 is 11.6 Å². The first-order valence-electron chi connectivity index (χ1n) is 5.28. The molecule has 2 N–H and O–H groups in total. The second-order valence-electron chi connectivity index (χ2n) is 3.68. The Morgan fingerprint density at radius 1 is 1.35 bits per heavy atom.